The predicted octanol–water partition coefficient (Wildman–Crippen LogP) is 2.67. The van der Waals surface area contributed by atoms with Crippen molar-refractivity contribution in [3.8, 4) is 12.1 Å². The molecule has 0 saturated heterocycles. The Morgan fingerprint density at radius 1 is 1.05 bits per heavy atom. The van der Waals surface area contributed by atoms with E-state index in [9.17, 15) is 0 Å². The first-order chi connectivity index (χ1) is 9.13. The maximum Gasteiger partial charge on any atom is 0.245 e. The zero-order valence-electron chi connectivity index (χ0n) is 9.22. The molecule has 1 aromatic heterocycles. The average Bonchev–Trinajstić information content (AvgIpc) is 2.42. The number of nitrogens with one attached hydrogen (secondary N) is 1. The van der Waals surface area contributed by atoms with Gasteiger partial charge in [-0.1, -0.05) is 11.6 Å². The molecular formula is C11H4Cl2N6. The molecule has 6 nitrogen and oxygen atoms in total. The highest BCUT2D eigenvalue weighted by Gasteiger charge is 2.08. The second-order valence-corrected chi connectivity index (χ2v) is 4.03. The Kier molecular flexibility index (Phi) is 3.76. The molecule has 0 unspecified atom stereocenters. The molecular weight excluding hydrogens is 287 g/mol. The normalized spacial score (nSPS) is 9.47. The van der Waals surface area contributed by atoms with Crippen LogP contribution in [0.3, 0.4) is 0 Å². The van der Waals surface area contributed by atoms with Crippen molar-refractivity contribution in [3.63, 3.8) is 0 Å². The summed E-state index contributed by atoms with van der Waals surface area (Å²) in [6.07, 6.45) is 0. The van der Waals surface area contributed by atoms with E-state index in [0.29, 0.717) is 5.69 Å². The summed E-state index contributed by atoms with van der Waals surface area (Å²) in [6.45, 7) is 0. The molecule has 1 heterocycles. The van der Waals surface area contributed by atoms with Gasteiger partial charge in [-0.15, -0.1) is 10.2 Å². The van der Waals surface area contributed by atoms with E-state index in [1.54, 1.807) is 6.07 Å². The summed E-state index contributed by atoms with van der Waals surface area (Å²) in [5.41, 5.74) is 1.07. The topological polar surface area (TPSA) is 98.3 Å². The summed E-state index contributed by atoms with van der Waals surface area (Å²) in [5, 5.41) is 27.7. The zero-order chi connectivity index (χ0) is 13.8. The first-order valence-corrected chi connectivity index (χ1v) is 5.66. The molecule has 0 saturated carbocycles. The van der Waals surface area contributed by atoms with Crippen molar-refractivity contribution in [2.75, 3.05) is 5.32 Å². The fourth-order valence-corrected chi connectivity index (χ4v) is 1.57. The number of hydrogen-bond acceptors (Lipinski definition) is 6. The summed E-state index contributed by atoms with van der Waals surface area (Å²) in [7, 11) is 0. The number of nitriles is 2. The van der Waals surface area contributed by atoms with Crippen molar-refractivity contribution in [2.45, 2.75) is 0 Å². The van der Waals surface area contributed by atoms with Gasteiger partial charge in [0.25, 0.3) is 0 Å². The maximum atomic E-state index is 8.92. The molecule has 0 spiro atoms. The molecule has 0 aliphatic heterocycles. The van der Waals surface area contributed by atoms with Gasteiger partial charge in [-0.25, -0.2) is 0 Å². The van der Waals surface area contributed by atoms with Crippen LogP contribution in [0.25, 0.3) is 0 Å². The van der Waals surface area contributed by atoms with Gasteiger partial charge < -0.3 is 5.32 Å². The van der Waals surface area contributed by atoms with Crippen LogP contribution in [0.1, 0.15) is 11.1 Å². The molecule has 1 aromatic carbocycles. The molecule has 2 rings (SSSR count). The third kappa shape index (κ3) is 2.89. The standard InChI is InChI=1S/C11H4Cl2N6/c12-9-10(17-11(13)19-18-9)16-8-2-1-6(4-14)7(3-8)5-15/h1-3H,(H,16,17,19). The number of hydrogen-bond donors (Lipinski definition) is 1. The van der Waals surface area contributed by atoms with Crippen LogP contribution >= 0.6 is 23.2 Å². The van der Waals surface area contributed by atoms with E-state index in [0.717, 1.165) is 0 Å². The van der Waals surface area contributed by atoms with E-state index >= 15 is 0 Å². The number of halogens is 2. The van der Waals surface area contributed by atoms with Gasteiger partial charge in [0.2, 0.25) is 5.28 Å². The Labute approximate surface area is 118 Å². The van der Waals surface area contributed by atoms with Crippen molar-refractivity contribution >= 4 is 34.7 Å². The van der Waals surface area contributed by atoms with Crippen molar-refractivity contribution < 1.29 is 0 Å². The minimum absolute atomic E-state index is 0.0484. The molecule has 2 aromatic rings. The Morgan fingerprint density at radius 3 is 2.47 bits per heavy atom. The van der Waals surface area contributed by atoms with Crippen molar-refractivity contribution in [3.05, 3.63) is 39.8 Å². The van der Waals surface area contributed by atoms with Crippen LogP contribution in [0.4, 0.5) is 11.5 Å². The van der Waals surface area contributed by atoms with Gasteiger partial charge in [0, 0.05) is 5.69 Å². The van der Waals surface area contributed by atoms with Gasteiger partial charge in [0.15, 0.2) is 11.0 Å². The highest BCUT2D eigenvalue weighted by atomic mass is 35.5. The SMILES string of the molecule is N#Cc1ccc(Nc2nc(Cl)nnc2Cl)cc1C#N. The molecule has 0 radical (unpaired) electrons. The van der Waals surface area contributed by atoms with Gasteiger partial charge in [-0.2, -0.15) is 15.5 Å². The van der Waals surface area contributed by atoms with E-state index in [1.807, 2.05) is 12.1 Å². The fraction of sp³-hybridized carbons (Fsp3) is 0. The minimum atomic E-state index is -0.0546. The van der Waals surface area contributed by atoms with Crippen LogP contribution in [0.5, 0.6) is 0 Å². The van der Waals surface area contributed by atoms with Crippen LogP contribution in [0.2, 0.25) is 10.4 Å². The van der Waals surface area contributed by atoms with E-state index < -0.39 is 0 Å². The number of nitrogens with zero attached hydrogens (tertiary/aromatic N) is 5. The number of rotatable bonds is 2. The number of aromatic nitrogens is 3. The highest BCUT2D eigenvalue weighted by molar-refractivity contribution is 6.32. The van der Waals surface area contributed by atoms with Crippen LogP contribution in [-0.4, -0.2) is 15.2 Å². The zero-order valence-corrected chi connectivity index (χ0v) is 10.7. The summed E-state index contributed by atoms with van der Waals surface area (Å²) in [4.78, 5) is 3.87. The summed E-state index contributed by atoms with van der Waals surface area (Å²) in [6, 6.07) is 8.49. The Balaban J connectivity index is 2.37. The molecule has 0 aliphatic carbocycles. The van der Waals surface area contributed by atoms with Gasteiger partial charge in [-0.05, 0) is 29.8 Å². The lowest BCUT2D eigenvalue weighted by Crippen LogP contribution is -1.99. The molecule has 0 aliphatic rings. The Bertz CT molecular complexity index is 716. The first-order valence-electron chi connectivity index (χ1n) is 4.91. The minimum Gasteiger partial charge on any atom is -0.337 e. The van der Waals surface area contributed by atoms with Crippen LogP contribution in [0.15, 0.2) is 18.2 Å². The lowest BCUT2D eigenvalue weighted by atomic mass is 10.1. The van der Waals surface area contributed by atoms with Crippen molar-refractivity contribution in [2.24, 2.45) is 0 Å². The van der Waals surface area contributed by atoms with Gasteiger partial charge in [0.1, 0.15) is 12.1 Å². The third-order valence-electron chi connectivity index (χ3n) is 2.14. The van der Waals surface area contributed by atoms with Gasteiger partial charge >= 0.3 is 0 Å². The smallest absolute Gasteiger partial charge is 0.245 e. The monoisotopic (exact) mass is 290 g/mol. The predicted molar refractivity (Wildman–Crippen MR) is 69.0 cm³/mol. The molecule has 0 amide bonds. The van der Waals surface area contributed by atoms with Crippen molar-refractivity contribution in [1.82, 2.24) is 15.2 Å². The molecule has 19 heavy (non-hydrogen) atoms. The van der Waals surface area contributed by atoms with E-state index in [2.05, 4.69) is 20.5 Å². The maximum absolute atomic E-state index is 8.92. The highest BCUT2D eigenvalue weighted by Crippen LogP contribution is 2.23. The Morgan fingerprint density at radius 2 is 1.79 bits per heavy atom. The third-order valence-corrected chi connectivity index (χ3v) is 2.56. The quantitative estimate of drug-likeness (QED) is 0.913. The van der Waals surface area contributed by atoms with Crippen molar-refractivity contribution in [1.29, 1.82) is 10.5 Å². The van der Waals surface area contributed by atoms with E-state index in [-0.39, 0.29) is 27.4 Å². The number of benzene rings is 1. The van der Waals surface area contributed by atoms with Crippen LogP contribution < -0.4 is 5.32 Å². The summed E-state index contributed by atoms with van der Waals surface area (Å²) >= 11 is 11.4. The second-order valence-electron chi connectivity index (χ2n) is 3.33. The average molecular weight is 291 g/mol. The first kappa shape index (κ1) is 13.0. The van der Waals surface area contributed by atoms with Gasteiger partial charge in [-0.3, -0.25) is 0 Å². The molecule has 8 heteroatoms. The summed E-state index contributed by atoms with van der Waals surface area (Å²) in [5.74, 6) is 0.218. The Hall–Kier alpha value is -2.41. The van der Waals surface area contributed by atoms with E-state index in [1.165, 1.54) is 12.1 Å². The second kappa shape index (κ2) is 5.49. The number of anilines is 2. The molecule has 0 fully saturated rings. The lowest BCUT2D eigenvalue weighted by molar-refractivity contribution is 0.975. The fourth-order valence-electron chi connectivity index (χ4n) is 1.32. The van der Waals surface area contributed by atoms with E-state index in [4.69, 9.17) is 33.7 Å². The summed E-state index contributed by atoms with van der Waals surface area (Å²) < 4.78 is 0. The lowest BCUT2D eigenvalue weighted by Gasteiger charge is -2.07. The van der Waals surface area contributed by atoms with Gasteiger partial charge in [0.05, 0.1) is 11.1 Å². The van der Waals surface area contributed by atoms with Crippen LogP contribution in [0, 0.1) is 22.7 Å². The molecule has 1 N–H and O–H groups in total. The largest absolute Gasteiger partial charge is 0.337 e. The molecule has 0 bridgehead atoms. The molecule has 92 valence electrons. The van der Waals surface area contributed by atoms with Crippen LogP contribution in [-0.2, 0) is 0 Å². The molecule has 0 atom stereocenters.